The number of aliphatic imine (C=N–C) groups is 1. The molecule has 1 aliphatic rings. The lowest BCUT2D eigenvalue weighted by atomic mass is 10.00. The Labute approximate surface area is 89.0 Å². The van der Waals surface area contributed by atoms with Gasteiger partial charge in [0.05, 0.1) is 23.6 Å². The normalized spacial score (nSPS) is 16.5. The van der Waals surface area contributed by atoms with Gasteiger partial charge < -0.3 is 4.74 Å². The highest BCUT2D eigenvalue weighted by Gasteiger charge is 2.24. The molecule has 0 amide bonds. The van der Waals surface area contributed by atoms with Crippen molar-refractivity contribution in [2.24, 2.45) is 4.99 Å². The van der Waals surface area contributed by atoms with E-state index >= 15 is 0 Å². The van der Waals surface area contributed by atoms with Gasteiger partial charge in [-0.15, -0.1) is 0 Å². The zero-order chi connectivity index (χ0) is 11.4. The SMILES string of the molecule is CCOC(=O)C1=C(CC)N=C(C)C(=O)C1. The smallest absolute Gasteiger partial charge is 0.336 e. The van der Waals surface area contributed by atoms with Crippen molar-refractivity contribution in [3.8, 4) is 0 Å². The quantitative estimate of drug-likeness (QED) is 0.664. The molecule has 1 aliphatic heterocycles. The van der Waals surface area contributed by atoms with E-state index in [0.717, 1.165) is 0 Å². The summed E-state index contributed by atoms with van der Waals surface area (Å²) >= 11 is 0. The summed E-state index contributed by atoms with van der Waals surface area (Å²) < 4.78 is 4.88. The first-order valence-electron chi connectivity index (χ1n) is 5.07. The molecule has 0 aromatic rings. The van der Waals surface area contributed by atoms with Crippen molar-refractivity contribution in [1.29, 1.82) is 0 Å². The van der Waals surface area contributed by atoms with Crippen LogP contribution in [-0.2, 0) is 14.3 Å². The fourth-order valence-electron chi connectivity index (χ4n) is 1.42. The molecule has 82 valence electrons. The molecule has 0 spiro atoms. The summed E-state index contributed by atoms with van der Waals surface area (Å²) in [5, 5.41) is 0. The van der Waals surface area contributed by atoms with Gasteiger partial charge in [0.2, 0.25) is 0 Å². The number of carbonyl (C=O) groups excluding carboxylic acids is 2. The Morgan fingerprint density at radius 2 is 2.13 bits per heavy atom. The molecule has 15 heavy (non-hydrogen) atoms. The zero-order valence-corrected chi connectivity index (χ0v) is 9.29. The molecule has 4 nitrogen and oxygen atoms in total. The van der Waals surface area contributed by atoms with Crippen molar-refractivity contribution in [2.75, 3.05) is 6.61 Å². The van der Waals surface area contributed by atoms with E-state index in [9.17, 15) is 9.59 Å². The number of ether oxygens (including phenoxy) is 1. The van der Waals surface area contributed by atoms with Gasteiger partial charge in [0.25, 0.3) is 0 Å². The molecule has 0 fully saturated rings. The fraction of sp³-hybridized carbons (Fsp3) is 0.545. The Kier molecular flexibility index (Phi) is 3.77. The second-order valence-electron chi connectivity index (χ2n) is 3.30. The Balaban J connectivity index is 3.01. The molecular formula is C11H15NO3. The third-order valence-electron chi connectivity index (χ3n) is 2.25. The summed E-state index contributed by atoms with van der Waals surface area (Å²) in [7, 11) is 0. The predicted octanol–water partition coefficient (Wildman–Crippen LogP) is 1.65. The van der Waals surface area contributed by atoms with E-state index in [-0.39, 0.29) is 12.2 Å². The number of ketones is 1. The summed E-state index contributed by atoms with van der Waals surface area (Å²) in [5.74, 6) is -0.519. The zero-order valence-electron chi connectivity index (χ0n) is 9.29. The summed E-state index contributed by atoms with van der Waals surface area (Å²) in [5.41, 5.74) is 1.56. The number of esters is 1. The number of allylic oxidation sites excluding steroid dienone is 1. The second kappa shape index (κ2) is 4.87. The van der Waals surface area contributed by atoms with Gasteiger partial charge in [0, 0.05) is 6.42 Å². The topological polar surface area (TPSA) is 55.7 Å². The number of hydrogen-bond donors (Lipinski definition) is 0. The molecule has 0 radical (unpaired) electrons. The summed E-state index contributed by atoms with van der Waals surface area (Å²) in [6.07, 6.45) is 0.760. The van der Waals surface area contributed by atoms with Crippen molar-refractivity contribution in [3.05, 3.63) is 11.3 Å². The van der Waals surface area contributed by atoms with Gasteiger partial charge in [-0.05, 0) is 20.3 Å². The van der Waals surface area contributed by atoms with Gasteiger partial charge in [0.1, 0.15) is 0 Å². The van der Waals surface area contributed by atoms with Crippen LogP contribution in [0.25, 0.3) is 0 Å². The lowest BCUT2D eigenvalue weighted by Crippen LogP contribution is -2.22. The molecule has 1 rings (SSSR count). The first-order valence-corrected chi connectivity index (χ1v) is 5.07. The average molecular weight is 209 g/mol. The number of carbonyl (C=O) groups is 2. The highest BCUT2D eigenvalue weighted by Crippen LogP contribution is 2.21. The molecule has 0 N–H and O–H groups in total. The van der Waals surface area contributed by atoms with Crippen LogP contribution >= 0.6 is 0 Å². The maximum atomic E-state index is 11.5. The van der Waals surface area contributed by atoms with Gasteiger partial charge >= 0.3 is 5.97 Å². The molecule has 0 atom stereocenters. The van der Waals surface area contributed by atoms with Gasteiger partial charge in [-0.2, -0.15) is 0 Å². The molecular weight excluding hydrogens is 194 g/mol. The van der Waals surface area contributed by atoms with E-state index < -0.39 is 5.97 Å². The van der Waals surface area contributed by atoms with Gasteiger partial charge in [0.15, 0.2) is 5.78 Å². The van der Waals surface area contributed by atoms with E-state index in [2.05, 4.69) is 4.99 Å². The van der Waals surface area contributed by atoms with E-state index in [1.54, 1.807) is 13.8 Å². The van der Waals surface area contributed by atoms with Crippen molar-refractivity contribution in [1.82, 2.24) is 0 Å². The third-order valence-corrected chi connectivity index (χ3v) is 2.25. The lowest BCUT2D eigenvalue weighted by Gasteiger charge is -2.14. The maximum absolute atomic E-state index is 11.5. The number of rotatable bonds is 3. The highest BCUT2D eigenvalue weighted by atomic mass is 16.5. The second-order valence-corrected chi connectivity index (χ2v) is 3.30. The Morgan fingerprint density at radius 3 is 2.67 bits per heavy atom. The lowest BCUT2D eigenvalue weighted by molar-refractivity contribution is -0.139. The van der Waals surface area contributed by atoms with Crippen LogP contribution in [-0.4, -0.2) is 24.1 Å². The Bertz CT molecular complexity index is 353. The molecule has 0 aromatic carbocycles. The minimum Gasteiger partial charge on any atom is -0.463 e. The molecule has 0 saturated heterocycles. The maximum Gasteiger partial charge on any atom is 0.336 e. The molecule has 0 bridgehead atoms. The van der Waals surface area contributed by atoms with Gasteiger partial charge in [-0.25, -0.2) is 4.79 Å². The van der Waals surface area contributed by atoms with E-state index in [0.29, 0.717) is 30.0 Å². The number of hydrogen-bond acceptors (Lipinski definition) is 4. The van der Waals surface area contributed by atoms with E-state index in [1.165, 1.54) is 0 Å². The fourth-order valence-corrected chi connectivity index (χ4v) is 1.42. The minimum absolute atomic E-state index is 0.102. The van der Waals surface area contributed by atoms with Crippen LogP contribution in [0.2, 0.25) is 0 Å². The van der Waals surface area contributed by atoms with Crippen LogP contribution in [0.1, 0.15) is 33.6 Å². The third kappa shape index (κ3) is 2.52. The predicted molar refractivity (Wildman–Crippen MR) is 56.7 cm³/mol. The van der Waals surface area contributed by atoms with Gasteiger partial charge in [-0.1, -0.05) is 6.92 Å². The Morgan fingerprint density at radius 1 is 1.47 bits per heavy atom. The molecule has 0 aliphatic carbocycles. The van der Waals surface area contributed by atoms with Crippen LogP contribution < -0.4 is 0 Å². The highest BCUT2D eigenvalue weighted by molar-refractivity contribution is 6.41. The van der Waals surface area contributed by atoms with Crippen LogP contribution in [0.15, 0.2) is 16.3 Å². The first kappa shape index (κ1) is 11.6. The summed E-state index contributed by atoms with van der Waals surface area (Å²) in [6, 6.07) is 0. The molecule has 0 saturated carbocycles. The monoisotopic (exact) mass is 209 g/mol. The standard InChI is InChI=1S/C11H15NO3/c1-4-9-8(11(14)15-5-2)6-10(13)7(3)12-9/h4-6H2,1-3H3. The van der Waals surface area contributed by atoms with Crippen LogP contribution in [0.5, 0.6) is 0 Å². The molecule has 0 unspecified atom stereocenters. The molecule has 4 heteroatoms. The van der Waals surface area contributed by atoms with E-state index in [4.69, 9.17) is 4.74 Å². The summed E-state index contributed by atoms with van der Waals surface area (Å²) in [4.78, 5) is 27.0. The van der Waals surface area contributed by atoms with Crippen molar-refractivity contribution >= 4 is 17.5 Å². The number of Topliss-reactive ketones (excluding diaryl/α,β-unsaturated/α-hetero) is 1. The van der Waals surface area contributed by atoms with Crippen molar-refractivity contribution < 1.29 is 14.3 Å². The van der Waals surface area contributed by atoms with Crippen LogP contribution in [0.3, 0.4) is 0 Å². The van der Waals surface area contributed by atoms with Gasteiger partial charge in [-0.3, -0.25) is 9.79 Å². The average Bonchev–Trinajstić information content (AvgIpc) is 2.21. The van der Waals surface area contributed by atoms with E-state index in [1.807, 2.05) is 6.92 Å². The molecule has 1 heterocycles. The van der Waals surface area contributed by atoms with Crippen molar-refractivity contribution in [3.63, 3.8) is 0 Å². The van der Waals surface area contributed by atoms with Crippen LogP contribution in [0, 0.1) is 0 Å². The van der Waals surface area contributed by atoms with Crippen molar-refractivity contribution in [2.45, 2.75) is 33.6 Å². The number of nitrogens with zero attached hydrogens (tertiary/aromatic N) is 1. The molecule has 0 aromatic heterocycles. The largest absolute Gasteiger partial charge is 0.463 e. The summed E-state index contributed by atoms with van der Waals surface area (Å²) in [6.45, 7) is 5.63. The van der Waals surface area contributed by atoms with Crippen LogP contribution in [0.4, 0.5) is 0 Å². The first-order chi connectivity index (χ1) is 7.10. The Hall–Kier alpha value is -1.45. The minimum atomic E-state index is -0.418.